The van der Waals surface area contributed by atoms with E-state index in [1.807, 2.05) is 0 Å². The predicted molar refractivity (Wildman–Crippen MR) is 71.2 cm³/mol. The van der Waals surface area contributed by atoms with Crippen LogP contribution in [-0.4, -0.2) is 27.1 Å². The zero-order valence-electron chi connectivity index (χ0n) is 11.6. The van der Waals surface area contributed by atoms with Crippen molar-refractivity contribution in [2.45, 2.75) is 27.7 Å². The molecule has 20 heavy (non-hydrogen) atoms. The summed E-state index contributed by atoms with van der Waals surface area (Å²) < 4.78 is 5.01. The molecule has 0 aliphatic carbocycles. The van der Waals surface area contributed by atoms with Crippen LogP contribution in [0.1, 0.15) is 43.4 Å². The number of aromatic nitrogens is 2. The van der Waals surface area contributed by atoms with Gasteiger partial charge in [-0.15, -0.1) is 0 Å². The fourth-order valence-electron chi connectivity index (χ4n) is 2.00. The first-order chi connectivity index (χ1) is 9.32. The Morgan fingerprint density at radius 2 is 1.85 bits per heavy atom. The van der Waals surface area contributed by atoms with Crippen molar-refractivity contribution in [1.82, 2.24) is 10.1 Å². The minimum Gasteiger partial charge on any atom is -0.477 e. The molecule has 7 heteroatoms. The second-order valence-corrected chi connectivity index (χ2v) is 4.61. The first kappa shape index (κ1) is 13.9. The summed E-state index contributed by atoms with van der Waals surface area (Å²) in [7, 11) is 0. The Bertz CT molecular complexity index is 697. The van der Waals surface area contributed by atoms with Crippen molar-refractivity contribution in [2.24, 2.45) is 0 Å². The Labute approximate surface area is 115 Å². The molecule has 0 saturated carbocycles. The van der Waals surface area contributed by atoms with Crippen molar-refractivity contribution in [3.05, 3.63) is 33.8 Å². The van der Waals surface area contributed by atoms with Crippen LogP contribution >= 0.6 is 0 Å². The number of carbonyl (C=O) groups excluding carboxylic acids is 1. The lowest BCUT2D eigenvalue weighted by Gasteiger charge is -2.03. The van der Waals surface area contributed by atoms with Gasteiger partial charge in [-0.1, -0.05) is 5.16 Å². The molecular formula is C13H15N3O4. The summed E-state index contributed by atoms with van der Waals surface area (Å²) >= 11 is 0. The molecule has 0 unspecified atom stereocenters. The Morgan fingerprint density at radius 1 is 1.20 bits per heavy atom. The largest absolute Gasteiger partial charge is 0.477 e. The van der Waals surface area contributed by atoms with Gasteiger partial charge in [-0.3, -0.25) is 10.1 Å². The summed E-state index contributed by atoms with van der Waals surface area (Å²) in [5, 5.41) is 15.4. The molecule has 0 saturated heterocycles. The Kier molecular flexibility index (Phi) is 3.35. The van der Waals surface area contributed by atoms with Crippen molar-refractivity contribution in [2.75, 3.05) is 5.32 Å². The monoisotopic (exact) mass is 277 g/mol. The molecule has 0 aromatic carbocycles. The van der Waals surface area contributed by atoms with Crippen LogP contribution in [0.5, 0.6) is 0 Å². The number of H-pyrrole nitrogens is 1. The first-order valence-electron chi connectivity index (χ1n) is 5.99. The summed E-state index contributed by atoms with van der Waals surface area (Å²) in [6, 6.07) is 0. The zero-order chi connectivity index (χ0) is 15.0. The van der Waals surface area contributed by atoms with Crippen LogP contribution in [-0.2, 0) is 0 Å². The van der Waals surface area contributed by atoms with Crippen LogP contribution < -0.4 is 5.32 Å². The smallest absolute Gasteiger partial charge is 0.352 e. The summed E-state index contributed by atoms with van der Waals surface area (Å²) in [4.78, 5) is 26.0. The van der Waals surface area contributed by atoms with Crippen molar-refractivity contribution >= 4 is 17.8 Å². The first-order valence-corrected chi connectivity index (χ1v) is 5.99. The average Bonchev–Trinajstić information content (AvgIpc) is 2.83. The molecule has 0 aliphatic rings. The SMILES string of the molecule is Cc1noc(NC(=O)c2c(C)[nH]c(C(=O)O)c2C)c1C. The van der Waals surface area contributed by atoms with Gasteiger partial charge in [0, 0.05) is 11.3 Å². The molecule has 2 rings (SSSR count). The van der Waals surface area contributed by atoms with Gasteiger partial charge in [0.15, 0.2) is 0 Å². The van der Waals surface area contributed by atoms with E-state index in [0.717, 1.165) is 5.56 Å². The molecule has 0 fully saturated rings. The molecule has 0 atom stereocenters. The predicted octanol–water partition coefficient (Wildman–Crippen LogP) is 2.19. The molecule has 3 N–H and O–H groups in total. The molecule has 2 aromatic rings. The maximum absolute atomic E-state index is 12.2. The highest BCUT2D eigenvalue weighted by Gasteiger charge is 2.23. The number of aromatic amines is 1. The summed E-state index contributed by atoms with van der Waals surface area (Å²) in [6.07, 6.45) is 0. The lowest BCUT2D eigenvalue weighted by atomic mass is 10.1. The maximum Gasteiger partial charge on any atom is 0.352 e. The number of carboxylic acid groups (broad SMARTS) is 1. The second kappa shape index (κ2) is 4.84. The van der Waals surface area contributed by atoms with Crippen molar-refractivity contribution in [3.63, 3.8) is 0 Å². The second-order valence-electron chi connectivity index (χ2n) is 4.61. The minimum atomic E-state index is -1.10. The van der Waals surface area contributed by atoms with Crippen LogP contribution in [0.25, 0.3) is 0 Å². The third-order valence-electron chi connectivity index (χ3n) is 3.26. The number of carbonyl (C=O) groups is 2. The molecule has 106 valence electrons. The van der Waals surface area contributed by atoms with Gasteiger partial charge in [0.05, 0.1) is 11.3 Å². The van der Waals surface area contributed by atoms with Gasteiger partial charge < -0.3 is 14.6 Å². The summed E-state index contributed by atoms with van der Waals surface area (Å²) in [5.74, 6) is -1.26. The van der Waals surface area contributed by atoms with E-state index >= 15 is 0 Å². The molecule has 0 radical (unpaired) electrons. The number of aromatic carboxylic acids is 1. The number of anilines is 1. The van der Waals surface area contributed by atoms with Crippen molar-refractivity contribution < 1.29 is 19.2 Å². The van der Waals surface area contributed by atoms with Crippen molar-refractivity contribution in [1.29, 1.82) is 0 Å². The van der Waals surface area contributed by atoms with Gasteiger partial charge in [-0.2, -0.15) is 0 Å². The van der Waals surface area contributed by atoms with E-state index in [4.69, 9.17) is 9.63 Å². The van der Waals surface area contributed by atoms with Crippen LogP contribution in [0.2, 0.25) is 0 Å². The Balaban J connectivity index is 2.35. The van der Waals surface area contributed by atoms with Crippen LogP contribution in [0.15, 0.2) is 4.52 Å². The van der Waals surface area contributed by atoms with Gasteiger partial charge in [-0.25, -0.2) is 4.79 Å². The fourth-order valence-corrected chi connectivity index (χ4v) is 2.00. The molecule has 7 nitrogen and oxygen atoms in total. The lowest BCUT2D eigenvalue weighted by molar-refractivity contribution is 0.0690. The number of hydrogen-bond acceptors (Lipinski definition) is 4. The molecule has 2 aromatic heterocycles. The number of aryl methyl sites for hydroxylation is 2. The molecule has 0 aliphatic heterocycles. The van der Waals surface area contributed by atoms with Crippen molar-refractivity contribution in [3.8, 4) is 0 Å². The Morgan fingerprint density at radius 3 is 2.30 bits per heavy atom. The summed E-state index contributed by atoms with van der Waals surface area (Å²) in [5.41, 5.74) is 2.62. The molecular weight excluding hydrogens is 262 g/mol. The standard InChI is InChI=1S/C13H15N3O4/c1-5-7(3)16-20-12(5)15-11(17)9-6(2)10(13(18)19)14-8(9)4/h14H,1-4H3,(H,15,17)(H,18,19). The normalized spacial score (nSPS) is 10.6. The van der Waals surface area contributed by atoms with Gasteiger partial charge in [-0.05, 0) is 33.3 Å². The van der Waals surface area contributed by atoms with E-state index in [9.17, 15) is 9.59 Å². The summed E-state index contributed by atoms with van der Waals surface area (Å²) in [6.45, 7) is 6.78. The van der Waals surface area contributed by atoms with Gasteiger partial charge >= 0.3 is 5.97 Å². The average molecular weight is 277 g/mol. The molecule has 0 bridgehead atoms. The van der Waals surface area contributed by atoms with Gasteiger partial charge in [0.2, 0.25) is 5.88 Å². The van der Waals surface area contributed by atoms with E-state index in [0.29, 0.717) is 22.5 Å². The highest BCUT2D eigenvalue weighted by atomic mass is 16.5. The topological polar surface area (TPSA) is 108 Å². The number of amides is 1. The number of rotatable bonds is 3. The van der Waals surface area contributed by atoms with E-state index in [1.165, 1.54) is 0 Å². The number of carboxylic acids is 1. The maximum atomic E-state index is 12.2. The van der Waals surface area contributed by atoms with E-state index in [-0.39, 0.29) is 11.6 Å². The van der Waals surface area contributed by atoms with E-state index in [1.54, 1.807) is 27.7 Å². The lowest BCUT2D eigenvalue weighted by Crippen LogP contribution is -2.14. The quantitative estimate of drug-likeness (QED) is 0.796. The fraction of sp³-hybridized carbons (Fsp3) is 0.308. The molecule has 0 spiro atoms. The highest BCUT2D eigenvalue weighted by Crippen LogP contribution is 2.22. The zero-order valence-corrected chi connectivity index (χ0v) is 11.6. The van der Waals surface area contributed by atoms with Crippen LogP contribution in [0, 0.1) is 27.7 Å². The molecule has 1 amide bonds. The van der Waals surface area contributed by atoms with Gasteiger partial charge in [0.1, 0.15) is 5.69 Å². The van der Waals surface area contributed by atoms with E-state index < -0.39 is 11.9 Å². The van der Waals surface area contributed by atoms with E-state index in [2.05, 4.69) is 15.5 Å². The number of nitrogens with zero attached hydrogens (tertiary/aromatic N) is 1. The Hall–Kier alpha value is -2.57. The molecule has 2 heterocycles. The van der Waals surface area contributed by atoms with Crippen LogP contribution in [0.3, 0.4) is 0 Å². The third-order valence-corrected chi connectivity index (χ3v) is 3.26. The minimum absolute atomic E-state index is 0.0122. The third kappa shape index (κ3) is 2.18. The number of hydrogen-bond donors (Lipinski definition) is 3. The highest BCUT2D eigenvalue weighted by molar-refractivity contribution is 6.07. The van der Waals surface area contributed by atoms with Crippen LogP contribution in [0.4, 0.5) is 5.88 Å². The number of nitrogens with one attached hydrogen (secondary N) is 2. The van der Waals surface area contributed by atoms with Gasteiger partial charge in [0.25, 0.3) is 5.91 Å².